The molecule has 1 fully saturated rings. The molecule has 0 aromatic heterocycles. The van der Waals surface area contributed by atoms with Gasteiger partial charge in [-0.15, -0.1) is 0 Å². The van der Waals surface area contributed by atoms with Crippen LogP contribution in [0.3, 0.4) is 0 Å². The van der Waals surface area contributed by atoms with Gasteiger partial charge in [-0.2, -0.15) is 5.10 Å². The Morgan fingerprint density at radius 2 is 1.93 bits per heavy atom. The summed E-state index contributed by atoms with van der Waals surface area (Å²) in [6.45, 7) is 0.629. The molecule has 2 aliphatic heterocycles. The van der Waals surface area contributed by atoms with Gasteiger partial charge in [0.25, 0.3) is 5.91 Å². The lowest BCUT2D eigenvalue weighted by atomic mass is 10.0. The van der Waals surface area contributed by atoms with E-state index in [9.17, 15) is 14.0 Å². The normalized spacial score (nSPS) is 21.3. The van der Waals surface area contributed by atoms with E-state index in [1.807, 2.05) is 36.4 Å². The first-order valence-electron chi connectivity index (χ1n) is 9.79. The lowest BCUT2D eigenvalue weighted by molar-refractivity contribution is -0.124. The maximum absolute atomic E-state index is 13.5. The zero-order valence-electron chi connectivity index (χ0n) is 16.0. The molecule has 2 atom stereocenters. The third-order valence-electron chi connectivity index (χ3n) is 5.50. The fourth-order valence-corrected chi connectivity index (χ4v) is 4.10. The molecule has 0 bridgehead atoms. The molecule has 0 aliphatic carbocycles. The van der Waals surface area contributed by atoms with Crippen LogP contribution in [0.2, 0.25) is 0 Å². The highest BCUT2D eigenvalue weighted by atomic mass is 19.1. The van der Waals surface area contributed by atoms with Crippen molar-refractivity contribution in [1.29, 1.82) is 0 Å². The number of amides is 2. The molecule has 0 saturated carbocycles. The van der Waals surface area contributed by atoms with E-state index in [-0.39, 0.29) is 24.2 Å². The quantitative estimate of drug-likeness (QED) is 0.846. The molecule has 2 aromatic carbocycles. The fourth-order valence-electron chi connectivity index (χ4n) is 4.10. The van der Waals surface area contributed by atoms with Crippen LogP contribution < -0.4 is 10.7 Å². The van der Waals surface area contributed by atoms with Crippen LogP contribution >= 0.6 is 0 Å². The molecule has 2 unspecified atom stereocenters. The molecular formula is C22H23FN4O2. The fraction of sp³-hybridized carbons (Fsp3) is 0.318. The molecular weight excluding hydrogens is 371 g/mol. The number of nitrogens with zero attached hydrogens (tertiary/aromatic N) is 3. The van der Waals surface area contributed by atoms with Crippen LogP contribution in [0.25, 0.3) is 0 Å². The zero-order valence-corrected chi connectivity index (χ0v) is 16.0. The highest BCUT2D eigenvalue weighted by Crippen LogP contribution is 2.27. The monoisotopic (exact) mass is 394 g/mol. The number of carbonyl (C=O) groups is 2. The highest BCUT2D eigenvalue weighted by Gasteiger charge is 2.39. The number of nitrogens with two attached hydrogens (primary N) is 1. The number of halogens is 1. The zero-order chi connectivity index (χ0) is 20.4. The number of anilines is 1. The summed E-state index contributed by atoms with van der Waals surface area (Å²) < 4.78 is 13.5. The van der Waals surface area contributed by atoms with Gasteiger partial charge in [0.05, 0.1) is 5.69 Å². The second-order valence-electron chi connectivity index (χ2n) is 7.48. The molecule has 0 spiro atoms. The van der Waals surface area contributed by atoms with Crippen LogP contribution in [0.4, 0.5) is 10.1 Å². The maximum Gasteiger partial charge on any atom is 0.270 e. The van der Waals surface area contributed by atoms with Gasteiger partial charge < -0.3 is 10.6 Å². The van der Waals surface area contributed by atoms with Gasteiger partial charge in [0.1, 0.15) is 17.6 Å². The van der Waals surface area contributed by atoms with Crippen LogP contribution in [0.15, 0.2) is 59.7 Å². The van der Waals surface area contributed by atoms with Gasteiger partial charge >= 0.3 is 0 Å². The predicted octanol–water partition coefficient (Wildman–Crippen LogP) is 2.48. The van der Waals surface area contributed by atoms with Crippen LogP contribution in [-0.2, 0) is 16.0 Å². The maximum atomic E-state index is 13.5. The Hall–Kier alpha value is -3.22. The largest absolute Gasteiger partial charge is 0.368 e. The van der Waals surface area contributed by atoms with Gasteiger partial charge in [0, 0.05) is 19.0 Å². The van der Waals surface area contributed by atoms with E-state index < -0.39 is 11.9 Å². The number of para-hydroxylation sites is 1. The van der Waals surface area contributed by atoms with Crippen LogP contribution in [-0.4, -0.2) is 41.1 Å². The summed E-state index contributed by atoms with van der Waals surface area (Å²) in [7, 11) is 0. The number of rotatable bonds is 5. The van der Waals surface area contributed by atoms with Crippen molar-refractivity contribution in [3.63, 3.8) is 0 Å². The summed E-state index contributed by atoms with van der Waals surface area (Å²) in [6.07, 6.45) is 2.53. The summed E-state index contributed by atoms with van der Waals surface area (Å²) in [4.78, 5) is 27.0. The third-order valence-corrected chi connectivity index (χ3v) is 5.50. The van der Waals surface area contributed by atoms with E-state index in [1.165, 1.54) is 17.1 Å². The smallest absolute Gasteiger partial charge is 0.270 e. The Morgan fingerprint density at radius 3 is 2.66 bits per heavy atom. The highest BCUT2D eigenvalue weighted by molar-refractivity contribution is 6.40. The summed E-state index contributed by atoms with van der Waals surface area (Å²) in [5.74, 6) is -0.965. The summed E-state index contributed by atoms with van der Waals surface area (Å²) >= 11 is 0. The Labute approximate surface area is 168 Å². The van der Waals surface area contributed by atoms with Gasteiger partial charge in [-0.25, -0.2) is 4.39 Å². The number of hydrogen-bond donors (Lipinski definition) is 1. The molecule has 29 heavy (non-hydrogen) atoms. The minimum atomic E-state index is -0.680. The average molecular weight is 394 g/mol. The van der Waals surface area contributed by atoms with E-state index in [0.29, 0.717) is 18.7 Å². The third kappa shape index (κ3) is 3.99. The van der Waals surface area contributed by atoms with Gasteiger partial charge in [-0.1, -0.05) is 30.3 Å². The van der Waals surface area contributed by atoms with Gasteiger partial charge in [-0.3, -0.25) is 14.6 Å². The minimum absolute atomic E-state index is 0.00944. The van der Waals surface area contributed by atoms with Crippen molar-refractivity contribution in [2.75, 3.05) is 11.6 Å². The van der Waals surface area contributed by atoms with Crippen LogP contribution in [0.1, 0.15) is 24.8 Å². The molecule has 2 amide bonds. The van der Waals surface area contributed by atoms with Crippen molar-refractivity contribution >= 4 is 23.2 Å². The topological polar surface area (TPSA) is 79.0 Å². The minimum Gasteiger partial charge on any atom is -0.368 e. The van der Waals surface area contributed by atoms with Gasteiger partial charge in [0.15, 0.2) is 0 Å². The predicted molar refractivity (Wildman–Crippen MR) is 109 cm³/mol. The van der Waals surface area contributed by atoms with E-state index in [0.717, 1.165) is 24.1 Å². The number of primary amides is 1. The lowest BCUT2D eigenvalue weighted by Gasteiger charge is -2.24. The van der Waals surface area contributed by atoms with Crippen molar-refractivity contribution in [3.8, 4) is 0 Å². The number of hydrogen-bond acceptors (Lipinski definition) is 4. The number of likely N-dealkylation sites (tertiary alicyclic amines) is 1. The molecule has 6 nitrogen and oxygen atoms in total. The van der Waals surface area contributed by atoms with E-state index >= 15 is 0 Å². The molecule has 4 rings (SSSR count). The molecule has 2 aliphatic rings. The van der Waals surface area contributed by atoms with Crippen LogP contribution in [0, 0.1) is 5.82 Å². The molecule has 0 radical (unpaired) electrons. The van der Waals surface area contributed by atoms with Crippen molar-refractivity contribution in [1.82, 2.24) is 4.90 Å². The lowest BCUT2D eigenvalue weighted by Crippen LogP contribution is -2.42. The number of hydrazone groups is 1. The first-order chi connectivity index (χ1) is 14.0. The summed E-state index contributed by atoms with van der Waals surface area (Å²) in [5, 5.41) is 5.99. The molecule has 2 heterocycles. The standard InChI is InChI=1S/C22H23FN4O2/c23-16-7-4-6-15(12-16)13-18-10-5-11-26(18)22(29)19-14-20(21(24)28)27(25-19)17-8-2-1-3-9-17/h1-4,6-9,12,18,20H,5,10-11,13-14H2,(H2,24,28). The Balaban J connectivity index is 1.54. The number of benzene rings is 2. The van der Waals surface area contributed by atoms with Crippen molar-refractivity contribution in [2.24, 2.45) is 10.8 Å². The molecule has 7 heteroatoms. The Morgan fingerprint density at radius 1 is 1.14 bits per heavy atom. The van der Waals surface area contributed by atoms with Crippen molar-refractivity contribution in [3.05, 3.63) is 66.0 Å². The van der Waals surface area contributed by atoms with Gasteiger partial charge in [-0.05, 0) is 49.1 Å². The first-order valence-corrected chi connectivity index (χ1v) is 9.79. The van der Waals surface area contributed by atoms with E-state index in [4.69, 9.17) is 5.73 Å². The SMILES string of the molecule is NC(=O)C1CC(C(=O)N2CCCC2Cc2cccc(F)c2)=NN1c1ccccc1. The first kappa shape index (κ1) is 19.1. The van der Waals surface area contributed by atoms with Crippen LogP contribution in [0.5, 0.6) is 0 Å². The second kappa shape index (κ2) is 8.03. The van der Waals surface area contributed by atoms with E-state index in [2.05, 4.69) is 5.10 Å². The molecule has 2 N–H and O–H groups in total. The summed E-state index contributed by atoms with van der Waals surface area (Å²) in [6, 6.07) is 15.0. The van der Waals surface area contributed by atoms with E-state index in [1.54, 1.807) is 11.0 Å². The molecule has 150 valence electrons. The molecule has 1 saturated heterocycles. The Bertz CT molecular complexity index is 947. The van der Waals surface area contributed by atoms with Gasteiger partial charge in [0.2, 0.25) is 5.91 Å². The van der Waals surface area contributed by atoms with Crippen molar-refractivity contribution in [2.45, 2.75) is 37.8 Å². The average Bonchev–Trinajstić information content (AvgIpc) is 3.35. The Kier molecular flexibility index (Phi) is 5.29. The summed E-state index contributed by atoms with van der Waals surface area (Å²) in [5.41, 5.74) is 7.49. The van der Waals surface area contributed by atoms with Crippen molar-refractivity contribution < 1.29 is 14.0 Å². The molecule has 2 aromatic rings. The number of carbonyl (C=O) groups excluding carboxylic acids is 2. The second-order valence-corrected chi connectivity index (χ2v) is 7.48.